The Bertz CT molecular complexity index is 819. The molecule has 1 aliphatic heterocycles. The summed E-state index contributed by atoms with van der Waals surface area (Å²) in [6.45, 7) is 0.463. The van der Waals surface area contributed by atoms with E-state index < -0.39 is 6.04 Å². The molecule has 2 amide bonds. The first kappa shape index (κ1) is 17.8. The lowest BCUT2D eigenvalue weighted by atomic mass is 10.1. The van der Waals surface area contributed by atoms with Gasteiger partial charge in [0.25, 0.3) is 5.91 Å². The molecule has 7 nitrogen and oxygen atoms in total. The Morgan fingerprint density at radius 1 is 1.12 bits per heavy atom. The van der Waals surface area contributed by atoms with E-state index in [1.807, 2.05) is 0 Å². The lowest BCUT2D eigenvalue weighted by Crippen LogP contribution is -2.39. The SMILES string of the molecule is COc1ccc(N2C(=O)C[C@@H](NCCc3ccc(O)c(O)c3)C2=O)cc1. The number of carbonyl (C=O) groups excluding carboxylic acids is 2. The topological polar surface area (TPSA) is 99.1 Å². The number of anilines is 1. The van der Waals surface area contributed by atoms with E-state index in [9.17, 15) is 19.8 Å². The van der Waals surface area contributed by atoms with Crippen LogP contribution in [0.1, 0.15) is 12.0 Å². The molecule has 1 aliphatic rings. The van der Waals surface area contributed by atoms with Gasteiger partial charge >= 0.3 is 0 Å². The van der Waals surface area contributed by atoms with E-state index in [1.165, 1.54) is 17.0 Å². The zero-order valence-electron chi connectivity index (χ0n) is 14.3. The van der Waals surface area contributed by atoms with Crippen LogP contribution in [0.4, 0.5) is 5.69 Å². The van der Waals surface area contributed by atoms with Crippen LogP contribution >= 0.6 is 0 Å². The molecule has 26 heavy (non-hydrogen) atoms. The fourth-order valence-electron chi connectivity index (χ4n) is 2.91. The molecule has 1 fully saturated rings. The molecule has 7 heteroatoms. The second kappa shape index (κ2) is 7.45. The monoisotopic (exact) mass is 356 g/mol. The second-order valence-electron chi connectivity index (χ2n) is 6.05. The van der Waals surface area contributed by atoms with Gasteiger partial charge in [-0.1, -0.05) is 6.07 Å². The van der Waals surface area contributed by atoms with Crippen molar-refractivity contribution in [1.82, 2.24) is 5.32 Å². The van der Waals surface area contributed by atoms with Crippen molar-refractivity contribution in [3.63, 3.8) is 0 Å². The molecule has 0 radical (unpaired) electrons. The number of phenolic OH excluding ortho intramolecular Hbond substituents is 2. The van der Waals surface area contributed by atoms with Crippen LogP contribution in [-0.2, 0) is 16.0 Å². The number of phenols is 2. The summed E-state index contributed by atoms with van der Waals surface area (Å²) in [4.78, 5) is 26.0. The van der Waals surface area contributed by atoms with E-state index in [0.29, 0.717) is 24.4 Å². The van der Waals surface area contributed by atoms with Crippen molar-refractivity contribution >= 4 is 17.5 Å². The van der Waals surface area contributed by atoms with Crippen molar-refractivity contribution in [2.45, 2.75) is 18.9 Å². The number of benzene rings is 2. The van der Waals surface area contributed by atoms with Gasteiger partial charge in [0.1, 0.15) is 5.75 Å². The molecule has 3 rings (SSSR count). The predicted octanol–water partition coefficient (Wildman–Crippen LogP) is 1.57. The summed E-state index contributed by atoms with van der Waals surface area (Å²) < 4.78 is 5.08. The van der Waals surface area contributed by atoms with E-state index in [-0.39, 0.29) is 29.7 Å². The second-order valence-corrected chi connectivity index (χ2v) is 6.05. The molecule has 0 bridgehead atoms. The normalized spacial score (nSPS) is 17.0. The van der Waals surface area contributed by atoms with Crippen molar-refractivity contribution in [1.29, 1.82) is 0 Å². The summed E-state index contributed by atoms with van der Waals surface area (Å²) in [5.41, 5.74) is 1.34. The number of amides is 2. The third-order valence-corrected chi connectivity index (χ3v) is 4.32. The van der Waals surface area contributed by atoms with Crippen molar-refractivity contribution in [2.24, 2.45) is 0 Å². The minimum Gasteiger partial charge on any atom is -0.504 e. The number of imide groups is 1. The zero-order valence-corrected chi connectivity index (χ0v) is 14.3. The Balaban J connectivity index is 1.60. The average molecular weight is 356 g/mol. The van der Waals surface area contributed by atoms with Crippen LogP contribution in [0.25, 0.3) is 0 Å². The molecule has 1 heterocycles. The molecule has 1 saturated heterocycles. The minimum atomic E-state index is -0.574. The van der Waals surface area contributed by atoms with E-state index in [4.69, 9.17) is 4.74 Å². The fraction of sp³-hybridized carbons (Fsp3) is 0.263. The van der Waals surface area contributed by atoms with Crippen molar-refractivity contribution < 1.29 is 24.5 Å². The molecule has 0 aromatic heterocycles. The summed E-state index contributed by atoms with van der Waals surface area (Å²) in [5.74, 6) is -0.234. The molecule has 3 N–H and O–H groups in total. The number of aromatic hydroxyl groups is 2. The highest BCUT2D eigenvalue weighted by Gasteiger charge is 2.39. The third kappa shape index (κ3) is 3.62. The first-order valence-electron chi connectivity index (χ1n) is 8.24. The van der Waals surface area contributed by atoms with Crippen LogP contribution in [0, 0.1) is 0 Å². The molecule has 1 atom stereocenters. The van der Waals surface area contributed by atoms with Crippen LogP contribution < -0.4 is 15.0 Å². The number of methoxy groups -OCH3 is 1. The van der Waals surface area contributed by atoms with E-state index in [2.05, 4.69) is 5.32 Å². The first-order chi connectivity index (χ1) is 12.5. The summed E-state index contributed by atoms with van der Waals surface area (Å²) >= 11 is 0. The Labute approximate surface area is 150 Å². The van der Waals surface area contributed by atoms with Crippen molar-refractivity contribution in [2.75, 3.05) is 18.6 Å². The number of nitrogens with one attached hydrogen (secondary N) is 1. The third-order valence-electron chi connectivity index (χ3n) is 4.32. The van der Waals surface area contributed by atoms with Crippen LogP contribution in [0.3, 0.4) is 0 Å². The maximum atomic E-state index is 12.6. The molecular formula is C19H20N2O5. The van der Waals surface area contributed by atoms with E-state index >= 15 is 0 Å². The molecular weight excluding hydrogens is 336 g/mol. The molecule has 136 valence electrons. The van der Waals surface area contributed by atoms with Gasteiger partial charge in [0.2, 0.25) is 5.91 Å². The summed E-state index contributed by atoms with van der Waals surface area (Å²) in [6.07, 6.45) is 0.653. The van der Waals surface area contributed by atoms with Crippen LogP contribution in [0.2, 0.25) is 0 Å². The van der Waals surface area contributed by atoms with Gasteiger partial charge in [-0.15, -0.1) is 0 Å². The molecule has 0 spiro atoms. The Morgan fingerprint density at radius 3 is 2.50 bits per heavy atom. The molecule has 0 aliphatic carbocycles. The molecule has 0 unspecified atom stereocenters. The number of rotatable bonds is 6. The van der Waals surface area contributed by atoms with Gasteiger partial charge in [-0.25, -0.2) is 4.90 Å². The minimum absolute atomic E-state index is 0.103. The maximum Gasteiger partial charge on any atom is 0.251 e. The smallest absolute Gasteiger partial charge is 0.251 e. The first-order valence-corrected chi connectivity index (χ1v) is 8.24. The fourth-order valence-corrected chi connectivity index (χ4v) is 2.91. The van der Waals surface area contributed by atoms with Crippen LogP contribution in [-0.4, -0.2) is 41.7 Å². The van der Waals surface area contributed by atoms with E-state index in [1.54, 1.807) is 37.4 Å². The zero-order chi connectivity index (χ0) is 18.7. The van der Waals surface area contributed by atoms with Crippen LogP contribution in [0.15, 0.2) is 42.5 Å². The van der Waals surface area contributed by atoms with Gasteiger partial charge in [-0.2, -0.15) is 0 Å². The number of nitrogens with zero attached hydrogens (tertiary/aromatic N) is 1. The van der Waals surface area contributed by atoms with Gasteiger partial charge < -0.3 is 20.3 Å². The number of hydrogen-bond acceptors (Lipinski definition) is 6. The van der Waals surface area contributed by atoms with Crippen molar-refractivity contribution in [3.8, 4) is 17.2 Å². The Hall–Kier alpha value is -3.06. The Kier molecular flexibility index (Phi) is 5.09. The summed E-state index contributed by atoms with van der Waals surface area (Å²) in [5, 5.41) is 21.9. The summed E-state index contributed by atoms with van der Waals surface area (Å²) in [6, 6.07) is 10.8. The van der Waals surface area contributed by atoms with Crippen molar-refractivity contribution in [3.05, 3.63) is 48.0 Å². The number of carbonyl (C=O) groups is 2. The standard InChI is InChI=1S/C19H20N2O5/c1-26-14-5-3-13(4-6-14)21-18(24)11-15(19(21)25)20-9-8-12-2-7-16(22)17(23)10-12/h2-7,10,15,20,22-23H,8-9,11H2,1H3/t15-/m1/s1. The lowest BCUT2D eigenvalue weighted by molar-refractivity contribution is -0.121. The maximum absolute atomic E-state index is 12.6. The highest BCUT2D eigenvalue weighted by Crippen LogP contribution is 2.26. The predicted molar refractivity (Wildman–Crippen MR) is 95.4 cm³/mol. The highest BCUT2D eigenvalue weighted by molar-refractivity contribution is 6.22. The van der Waals surface area contributed by atoms with Gasteiger partial charge in [-0.3, -0.25) is 9.59 Å². The number of hydrogen-bond donors (Lipinski definition) is 3. The van der Waals surface area contributed by atoms with E-state index in [0.717, 1.165) is 5.56 Å². The lowest BCUT2D eigenvalue weighted by Gasteiger charge is -2.16. The van der Waals surface area contributed by atoms with Crippen LogP contribution in [0.5, 0.6) is 17.2 Å². The number of ether oxygens (including phenoxy) is 1. The largest absolute Gasteiger partial charge is 0.504 e. The quantitative estimate of drug-likeness (QED) is 0.537. The molecule has 2 aromatic carbocycles. The highest BCUT2D eigenvalue weighted by atomic mass is 16.5. The molecule has 2 aromatic rings. The summed E-state index contributed by atoms with van der Waals surface area (Å²) in [7, 11) is 1.55. The van der Waals surface area contributed by atoms with Gasteiger partial charge in [-0.05, 0) is 54.9 Å². The van der Waals surface area contributed by atoms with Gasteiger partial charge in [0.05, 0.1) is 25.3 Å². The average Bonchev–Trinajstić information content (AvgIpc) is 2.92. The molecule has 0 saturated carbocycles. The Morgan fingerprint density at radius 2 is 1.85 bits per heavy atom. The van der Waals surface area contributed by atoms with Gasteiger partial charge in [0, 0.05) is 0 Å². The van der Waals surface area contributed by atoms with Gasteiger partial charge in [0.15, 0.2) is 11.5 Å².